The summed E-state index contributed by atoms with van der Waals surface area (Å²) in [5.41, 5.74) is 0. The molecule has 6 N–H and O–H groups in total. The summed E-state index contributed by atoms with van der Waals surface area (Å²) in [6.45, 7) is 3.31. The van der Waals surface area contributed by atoms with Crippen LogP contribution in [0.25, 0.3) is 0 Å². The van der Waals surface area contributed by atoms with Crippen molar-refractivity contribution in [3.8, 4) is 0 Å². The van der Waals surface area contributed by atoms with Crippen LogP contribution in [0.3, 0.4) is 0 Å². The van der Waals surface area contributed by atoms with Crippen molar-refractivity contribution in [3.05, 3.63) is 12.2 Å². The smallest absolute Gasteiger partial charge is 0.462 e. The first-order chi connectivity index (χ1) is 30.9. The van der Waals surface area contributed by atoms with Gasteiger partial charge in [0.1, 0.15) is 43.2 Å². The highest BCUT2D eigenvalue weighted by Crippen LogP contribution is 2.47. The van der Waals surface area contributed by atoms with E-state index in [0.29, 0.717) is 12.8 Å². The molecule has 0 aromatic heterocycles. The minimum Gasteiger partial charge on any atom is -0.462 e. The number of aliphatic hydroxyl groups excluding tert-OH is 5. The Morgan fingerprint density at radius 1 is 0.469 bits per heavy atom. The predicted molar refractivity (Wildman–Crippen MR) is 254 cm³/mol. The standard InChI is InChI=1S/C50H95O13P/c1-3-5-7-9-11-13-15-17-19-20-21-22-23-25-27-29-31-33-35-37-39-44(52)62-42(41-61-64(58,59)63-50-48(56)46(54)45(53)47(55)49(50)57)40-60-43(51)38-36-34-32-30-28-26-24-18-16-14-12-10-8-6-4-2/h32,34,42,45-50,53-57H,3-31,33,35-41H2,1-2H3,(H,58,59)/b34-32+/t42-,45?,46-,47?,48?,49?,50?/m1/s1. The van der Waals surface area contributed by atoms with E-state index in [1.807, 2.05) is 6.08 Å². The Bertz CT molecular complexity index is 1170. The Hall–Kier alpha value is -1.41. The third kappa shape index (κ3) is 32.3. The number of rotatable bonds is 44. The molecule has 0 amide bonds. The van der Waals surface area contributed by atoms with Gasteiger partial charge in [-0.1, -0.05) is 212 Å². The van der Waals surface area contributed by atoms with E-state index in [4.69, 9.17) is 18.5 Å². The van der Waals surface area contributed by atoms with E-state index in [1.165, 1.54) is 167 Å². The molecule has 0 radical (unpaired) electrons. The van der Waals surface area contributed by atoms with Crippen molar-refractivity contribution in [1.82, 2.24) is 0 Å². The van der Waals surface area contributed by atoms with Crippen molar-refractivity contribution in [1.29, 1.82) is 0 Å². The fourth-order valence-corrected chi connectivity index (χ4v) is 9.16. The molecule has 13 nitrogen and oxygen atoms in total. The first-order valence-electron chi connectivity index (χ1n) is 26.0. The molecule has 8 atom stereocenters. The van der Waals surface area contributed by atoms with E-state index >= 15 is 0 Å². The average Bonchev–Trinajstić information content (AvgIpc) is 3.28. The topological polar surface area (TPSA) is 210 Å². The van der Waals surface area contributed by atoms with Gasteiger partial charge in [0.2, 0.25) is 0 Å². The number of carbonyl (C=O) groups excluding carboxylic acids is 2. The molecule has 0 bridgehead atoms. The number of carbonyl (C=O) groups is 2. The van der Waals surface area contributed by atoms with Gasteiger partial charge in [-0.3, -0.25) is 18.6 Å². The Labute approximate surface area is 388 Å². The van der Waals surface area contributed by atoms with Crippen LogP contribution in [0, 0.1) is 0 Å². The van der Waals surface area contributed by atoms with Crippen LogP contribution in [0.1, 0.15) is 239 Å². The zero-order valence-corrected chi connectivity index (χ0v) is 41.2. The van der Waals surface area contributed by atoms with Crippen LogP contribution in [-0.2, 0) is 32.7 Å². The fraction of sp³-hybridized carbons (Fsp3) is 0.920. The molecule has 64 heavy (non-hydrogen) atoms. The number of hydrogen-bond donors (Lipinski definition) is 6. The van der Waals surface area contributed by atoms with Crippen LogP contribution in [0.4, 0.5) is 0 Å². The van der Waals surface area contributed by atoms with Crippen molar-refractivity contribution in [2.75, 3.05) is 13.2 Å². The minimum absolute atomic E-state index is 0.0885. The highest BCUT2D eigenvalue weighted by atomic mass is 31.2. The van der Waals surface area contributed by atoms with E-state index < -0.39 is 75.7 Å². The third-order valence-electron chi connectivity index (χ3n) is 12.4. The van der Waals surface area contributed by atoms with Crippen molar-refractivity contribution in [2.24, 2.45) is 0 Å². The van der Waals surface area contributed by atoms with Crippen molar-refractivity contribution in [3.63, 3.8) is 0 Å². The first kappa shape index (κ1) is 60.6. The van der Waals surface area contributed by atoms with Gasteiger partial charge >= 0.3 is 19.8 Å². The molecule has 1 saturated carbocycles. The van der Waals surface area contributed by atoms with Gasteiger partial charge in [0.05, 0.1) is 6.61 Å². The number of unbranched alkanes of at least 4 members (excludes halogenated alkanes) is 30. The van der Waals surface area contributed by atoms with Crippen LogP contribution in [0.5, 0.6) is 0 Å². The third-order valence-corrected chi connectivity index (χ3v) is 13.4. The first-order valence-corrected chi connectivity index (χ1v) is 27.5. The van der Waals surface area contributed by atoms with E-state index in [0.717, 1.165) is 32.1 Å². The van der Waals surface area contributed by atoms with E-state index in [1.54, 1.807) is 0 Å². The largest absolute Gasteiger partial charge is 0.472 e. The van der Waals surface area contributed by atoms with Crippen molar-refractivity contribution >= 4 is 19.8 Å². The van der Waals surface area contributed by atoms with Crippen molar-refractivity contribution in [2.45, 2.75) is 281 Å². The van der Waals surface area contributed by atoms with E-state index in [-0.39, 0.29) is 12.8 Å². The fourth-order valence-electron chi connectivity index (χ4n) is 8.19. The van der Waals surface area contributed by atoms with E-state index in [2.05, 4.69) is 19.9 Å². The lowest BCUT2D eigenvalue weighted by Gasteiger charge is -2.41. The number of ether oxygens (including phenoxy) is 2. The normalized spacial score (nSPS) is 21.6. The number of aliphatic hydroxyl groups is 5. The van der Waals surface area contributed by atoms with Crippen LogP contribution in [-0.4, -0.2) is 98.3 Å². The Morgan fingerprint density at radius 3 is 1.25 bits per heavy atom. The summed E-state index contributed by atoms with van der Waals surface area (Å²) in [4.78, 5) is 35.8. The van der Waals surface area contributed by atoms with Gasteiger partial charge in [0.25, 0.3) is 0 Å². The quantitative estimate of drug-likeness (QED) is 0.0146. The maximum atomic E-state index is 12.8. The summed E-state index contributed by atoms with van der Waals surface area (Å²) in [6.07, 6.45) is 31.3. The van der Waals surface area contributed by atoms with Gasteiger partial charge < -0.3 is 39.9 Å². The summed E-state index contributed by atoms with van der Waals surface area (Å²) in [6, 6.07) is 0. The van der Waals surface area contributed by atoms with Gasteiger partial charge in [0, 0.05) is 12.8 Å². The van der Waals surface area contributed by atoms with Crippen LogP contribution in [0.2, 0.25) is 0 Å². The molecule has 0 aliphatic heterocycles. The van der Waals surface area contributed by atoms with Gasteiger partial charge in [-0.2, -0.15) is 0 Å². The zero-order chi connectivity index (χ0) is 47.1. The Morgan fingerprint density at radius 2 is 0.828 bits per heavy atom. The molecule has 1 aliphatic rings. The number of phosphoric acid groups is 1. The number of esters is 2. The van der Waals surface area contributed by atoms with Gasteiger partial charge in [-0.15, -0.1) is 0 Å². The molecule has 0 spiro atoms. The second kappa shape index (κ2) is 40.6. The second-order valence-corrected chi connectivity index (χ2v) is 19.8. The molecule has 14 heteroatoms. The molecule has 0 aromatic carbocycles. The summed E-state index contributed by atoms with van der Waals surface area (Å²) >= 11 is 0. The Kier molecular flexibility index (Phi) is 38.5. The molecule has 1 rings (SSSR count). The summed E-state index contributed by atoms with van der Waals surface area (Å²) in [5, 5.41) is 50.2. The molecule has 6 unspecified atom stereocenters. The minimum atomic E-state index is -5.12. The highest BCUT2D eigenvalue weighted by molar-refractivity contribution is 7.47. The molecule has 1 aliphatic carbocycles. The molecule has 0 saturated heterocycles. The lowest BCUT2D eigenvalue weighted by atomic mass is 9.85. The van der Waals surface area contributed by atoms with Gasteiger partial charge in [-0.25, -0.2) is 4.57 Å². The summed E-state index contributed by atoms with van der Waals surface area (Å²) < 4.78 is 33.6. The second-order valence-electron chi connectivity index (χ2n) is 18.4. The van der Waals surface area contributed by atoms with Crippen molar-refractivity contribution < 1.29 is 63.1 Å². The lowest BCUT2D eigenvalue weighted by molar-refractivity contribution is -0.220. The molecule has 0 heterocycles. The maximum absolute atomic E-state index is 12.8. The zero-order valence-electron chi connectivity index (χ0n) is 40.3. The molecule has 0 aromatic rings. The molecule has 378 valence electrons. The molecular weight excluding hydrogens is 840 g/mol. The van der Waals surface area contributed by atoms with Gasteiger partial charge in [-0.05, 0) is 25.7 Å². The highest BCUT2D eigenvalue weighted by Gasteiger charge is 2.51. The monoisotopic (exact) mass is 935 g/mol. The number of phosphoric ester groups is 1. The van der Waals surface area contributed by atoms with Crippen LogP contribution >= 0.6 is 7.82 Å². The average molecular weight is 935 g/mol. The number of allylic oxidation sites excluding steroid dienone is 2. The SMILES string of the molecule is CCCCCCCCCCCCC/C=C/CCC(=O)OC[C@H](COP(=O)(O)OC1C(O)C(O)C(O)[C@@H](O)C1O)OC(=O)CCCCCCCCCCCCCCCCCCCCCC. The molecular formula is C50H95O13P. The van der Waals surface area contributed by atoms with Crippen LogP contribution in [0.15, 0.2) is 12.2 Å². The maximum Gasteiger partial charge on any atom is 0.472 e. The van der Waals surface area contributed by atoms with Gasteiger partial charge in [0.15, 0.2) is 6.10 Å². The summed E-state index contributed by atoms with van der Waals surface area (Å²) in [7, 11) is -5.12. The molecule has 1 fully saturated rings. The predicted octanol–water partition coefficient (Wildman–Crippen LogP) is 11.0. The lowest BCUT2D eigenvalue weighted by Crippen LogP contribution is -2.64. The van der Waals surface area contributed by atoms with Crippen LogP contribution < -0.4 is 0 Å². The number of hydrogen-bond acceptors (Lipinski definition) is 12. The summed E-state index contributed by atoms with van der Waals surface area (Å²) in [5.74, 6) is -1.14. The Balaban J connectivity index is 2.39. The van der Waals surface area contributed by atoms with E-state index in [9.17, 15) is 44.6 Å².